The molecule has 2 N–H and O–H groups in total. The first-order chi connectivity index (χ1) is 12.3. The number of rotatable bonds is 8. The maximum Gasteiger partial charge on any atom is 0.388 e. The van der Waals surface area contributed by atoms with E-state index in [4.69, 9.17) is 5.41 Å². The molecule has 0 amide bonds. The van der Waals surface area contributed by atoms with E-state index in [1.54, 1.807) is 0 Å². The minimum atomic E-state index is -3.12. The van der Waals surface area contributed by atoms with Crippen molar-refractivity contribution < 1.29 is 22.7 Å². The first-order valence-corrected chi connectivity index (χ1v) is 7.77. The van der Waals surface area contributed by atoms with Gasteiger partial charge in [0.25, 0.3) is 0 Å². The van der Waals surface area contributed by atoms with E-state index in [0.717, 1.165) is 12.5 Å². The van der Waals surface area contributed by atoms with E-state index in [1.165, 1.54) is 12.3 Å². The summed E-state index contributed by atoms with van der Waals surface area (Å²) in [5, 5.41) is 11.4. The van der Waals surface area contributed by atoms with E-state index in [1.807, 2.05) is 13.8 Å². The van der Waals surface area contributed by atoms with E-state index >= 15 is 0 Å². The summed E-state index contributed by atoms with van der Waals surface area (Å²) in [5.74, 6) is -1.39. The number of halogens is 3. The Labute approximate surface area is 147 Å². The molecule has 0 saturated heterocycles. The molecule has 2 aromatic heterocycles. The van der Waals surface area contributed by atoms with Crippen LogP contribution < -0.4 is 10.1 Å². The summed E-state index contributed by atoms with van der Waals surface area (Å²) in [5.41, 5.74) is 0.0660. The van der Waals surface area contributed by atoms with Crippen LogP contribution in [-0.2, 0) is 0 Å². The fourth-order valence-electron chi connectivity index (χ4n) is 2.12. The van der Waals surface area contributed by atoms with Crippen molar-refractivity contribution in [3.8, 4) is 5.88 Å². The van der Waals surface area contributed by atoms with Crippen LogP contribution in [0.2, 0.25) is 0 Å². The Morgan fingerprint density at radius 2 is 2.08 bits per heavy atom. The molecule has 6 nitrogen and oxygen atoms in total. The normalized spacial score (nSPS) is 11.9. The number of nitrogens with one attached hydrogen (secondary N) is 2. The van der Waals surface area contributed by atoms with Gasteiger partial charge >= 0.3 is 6.61 Å². The van der Waals surface area contributed by atoms with Crippen molar-refractivity contribution in [1.29, 1.82) is 5.41 Å². The molecule has 0 radical (unpaired) electrons. The third-order valence-electron chi connectivity index (χ3n) is 3.61. The van der Waals surface area contributed by atoms with Gasteiger partial charge < -0.3 is 10.1 Å². The number of carbonyl (C=O) groups is 1. The average Bonchev–Trinajstić information content (AvgIpc) is 2.62. The maximum absolute atomic E-state index is 14.1. The molecule has 26 heavy (non-hydrogen) atoms. The summed E-state index contributed by atoms with van der Waals surface area (Å²) in [4.78, 5) is 18.5. The first-order valence-electron chi connectivity index (χ1n) is 7.77. The highest BCUT2D eigenvalue weighted by Crippen LogP contribution is 2.23. The number of aromatic nitrogens is 2. The second-order valence-electron chi connectivity index (χ2n) is 5.49. The Hall–Kier alpha value is -2.97. The van der Waals surface area contributed by atoms with Crippen LogP contribution in [0.15, 0.2) is 24.5 Å². The van der Waals surface area contributed by atoms with Crippen LogP contribution in [-0.4, -0.2) is 34.6 Å². The van der Waals surface area contributed by atoms with Crippen LogP contribution in [0, 0.1) is 11.2 Å². The van der Waals surface area contributed by atoms with Gasteiger partial charge in [-0.1, -0.05) is 6.92 Å². The largest absolute Gasteiger partial charge is 0.417 e. The number of aldehydes is 1. The molecule has 0 spiro atoms. The fourth-order valence-corrected chi connectivity index (χ4v) is 2.12. The summed E-state index contributed by atoms with van der Waals surface area (Å²) >= 11 is 0. The Morgan fingerprint density at radius 1 is 1.35 bits per heavy atom. The van der Waals surface area contributed by atoms with Gasteiger partial charge in [0.05, 0.1) is 17.6 Å². The average molecular weight is 366 g/mol. The van der Waals surface area contributed by atoms with E-state index in [2.05, 4.69) is 20.0 Å². The number of ether oxygens (including phenoxy) is 1. The van der Waals surface area contributed by atoms with Gasteiger partial charge in [0.2, 0.25) is 5.88 Å². The Kier molecular flexibility index (Phi) is 6.26. The number of pyridine rings is 2. The second kappa shape index (κ2) is 8.41. The molecule has 138 valence electrons. The lowest BCUT2D eigenvalue weighted by Gasteiger charge is -2.17. The predicted molar refractivity (Wildman–Crippen MR) is 89.8 cm³/mol. The van der Waals surface area contributed by atoms with Gasteiger partial charge in [-0.15, -0.1) is 0 Å². The summed E-state index contributed by atoms with van der Waals surface area (Å²) < 4.78 is 42.9. The zero-order valence-electron chi connectivity index (χ0n) is 14.1. The lowest BCUT2D eigenvalue weighted by molar-refractivity contribution is -0.0529. The van der Waals surface area contributed by atoms with Gasteiger partial charge in [-0.05, 0) is 19.4 Å². The number of hydrogen-bond acceptors (Lipinski definition) is 6. The minimum absolute atomic E-state index is 0.00488. The van der Waals surface area contributed by atoms with E-state index in [-0.39, 0.29) is 28.6 Å². The molecule has 0 aliphatic carbocycles. The van der Waals surface area contributed by atoms with Crippen molar-refractivity contribution in [2.24, 2.45) is 0 Å². The molecule has 9 heteroatoms. The molecule has 0 unspecified atom stereocenters. The van der Waals surface area contributed by atoms with Gasteiger partial charge in [0.15, 0.2) is 12.1 Å². The minimum Gasteiger partial charge on any atom is -0.417 e. The highest BCUT2D eigenvalue weighted by Gasteiger charge is 2.19. The lowest BCUT2D eigenvalue weighted by Crippen LogP contribution is -2.18. The van der Waals surface area contributed by atoms with Gasteiger partial charge in [0.1, 0.15) is 5.69 Å². The van der Waals surface area contributed by atoms with Gasteiger partial charge in [-0.25, -0.2) is 9.37 Å². The summed E-state index contributed by atoms with van der Waals surface area (Å²) in [6.07, 6.45) is 3.30. The van der Waals surface area contributed by atoms with Crippen molar-refractivity contribution in [1.82, 2.24) is 9.97 Å². The molecular formula is C17H17F3N4O2. The number of anilines is 1. The van der Waals surface area contributed by atoms with Crippen LogP contribution in [0.4, 0.5) is 18.9 Å². The second-order valence-corrected chi connectivity index (χ2v) is 5.49. The molecule has 1 atom stereocenters. The number of hydrogen-bond donors (Lipinski definition) is 2. The highest BCUT2D eigenvalue weighted by atomic mass is 19.3. The smallest absolute Gasteiger partial charge is 0.388 e. The zero-order valence-corrected chi connectivity index (χ0v) is 14.1. The molecule has 0 fully saturated rings. The summed E-state index contributed by atoms with van der Waals surface area (Å²) in [6, 6.07) is 2.41. The standard InChI is InChI=1S/C17H17F3N4O2/c1-3-9(2)24-13-4-10(8-25)6-23-16(13)15(21)11-5-14(26-17(19)20)22-7-12(11)18/h4-9,17,21,24H,3H2,1-2H3/t9-/m0/s1. The molecule has 0 aliphatic rings. The Morgan fingerprint density at radius 3 is 2.69 bits per heavy atom. The van der Waals surface area contributed by atoms with Crippen LogP contribution in [0.1, 0.15) is 41.9 Å². The van der Waals surface area contributed by atoms with E-state index in [9.17, 15) is 18.0 Å². The van der Waals surface area contributed by atoms with E-state index < -0.39 is 18.3 Å². The molecule has 2 heterocycles. The van der Waals surface area contributed by atoms with Crippen LogP contribution in [0.3, 0.4) is 0 Å². The molecule has 0 saturated carbocycles. The monoisotopic (exact) mass is 366 g/mol. The molecule has 0 aliphatic heterocycles. The van der Waals surface area contributed by atoms with Crippen LogP contribution in [0.5, 0.6) is 5.88 Å². The van der Waals surface area contributed by atoms with Crippen LogP contribution in [0.25, 0.3) is 0 Å². The predicted octanol–water partition coefficient (Wildman–Crippen LogP) is 3.66. The Bertz CT molecular complexity index is 815. The molecule has 2 aromatic rings. The lowest BCUT2D eigenvalue weighted by atomic mass is 10.0. The van der Waals surface area contributed by atoms with Gasteiger partial charge in [0, 0.05) is 29.4 Å². The van der Waals surface area contributed by atoms with Crippen molar-refractivity contribution in [3.05, 3.63) is 47.2 Å². The van der Waals surface area contributed by atoms with Crippen molar-refractivity contribution in [2.75, 3.05) is 5.32 Å². The van der Waals surface area contributed by atoms with Gasteiger partial charge in [-0.2, -0.15) is 8.78 Å². The molecule has 2 rings (SSSR count). The highest BCUT2D eigenvalue weighted by molar-refractivity contribution is 6.13. The fraction of sp³-hybridized carbons (Fsp3) is 0.294. The third kappa shape index (κ3) is 4.56. The van der Waals surface area contributed by atoms with Crippen LogP contribution >= 0.6 is 0 Å². The molecular weight excluding hydrogens is 349 g/mol. The summed E-state index contributed by atoms with van der Waals surface area (Å²) in [7, 11) is 0. The van der Waals surface area contributed by atoms with Crippen molar-refractivity contribution in [2.45, 2.75) is 32.9 Å². The SMILES string of the molecule is CC[C@H](C)Nc1cc(C=O)cnc1C(=N)c1cc(OC(F)F)ncc1F. The van der Waals surface area contributed by atoms with Gasteiger partial charge in [-0.3, -0.25) is 15.2 Å². The topological polar surface area (TPSA) is 88.0 Å². The molecule has 0 bridgehead atoms. The summed E-state index contributed by atoms with van der Waals surface area (Å²) in [6.45, 7) is 0.710. The quantitative estimate of drug-likeness (QED) is 0.550. The number of alkyl halides is 2. The Balaban J connectivity index is 2.47. The number of carbonyl (C=O) groups excluding carboxylic acids is 1. The maximum atomic E-state index is 14.1. The number of nitrogens with zero attached hydrogens (tertiary/aromatic N) is 2. The molecule has 0 aromatic carbocycles. The van der Waals surface area contributed by atoms with Crippen molar-refractivity contribution >= 4 is 17.7 Å². The third-order valence-corrected chi connectivity index (χ3v) is 3.61. The zero-order chi connectivity index (χ0) is 19.3. The van der Waals surface area contributed by atoms with E-state index in [0.29, 0.717) is 18.2 Å². The van der Waals surface area contributed by atoms with Crippen molar-refractivity contribution in [3.63, 3.8) is 0 Å². The first kappa shape index (κ1) is 19.4.